The van der Waals surface area contributed by atoms with Crippen molar-refractivity contribution in [3.05, 3.63) is 328 Å². The summed E-state index contributed by atoms with van der Waals surface area (Å²) in [7, 11) is -2.97. The van der Waals surface area contributed by atoms with Gasteiger partial charge in [-0.2, -0.15) is 0 Å². The molecule has 380 valence electrons. The first kappa shape index (κ1) is 47.9. The van der Waals surface area contributed by atoms with Gasteiger partial charge in [-0.3, -0.25) is 0 Å². The zero-order chi connectivity index (χ0) is 53.7. The third-order valence-electron chi connectivity index (χ3n) is 16.7. The molecule has 0 aliphatic rings. The first-order valence-electron chi connectivity index (χ1n) is 28.0. The average molecular weight is 1050 g/mol. The van der Waals surface area contributed by atoms with Gasteiger partial charge in [-0.25, -0.2) is 0 Å². The van der Waals surface area contributed by atoms with Crippen molar-refractivity contribution in [2.75, 3.05) is 4.90 Å². The highest BCUT2D eigenvalue weighted by atomic mass is 28.3. The Morgan fingerprint density at radius 3 is 1.05 bits per heavy atom. The van der Waals surface area contributed by atoms with Crippen LogP contribution >= 0.6 is 0 Å². The molecule has 0 atom stereocenters. The molecule has 1 aromatic heterocycles. The van der Waals surface area contributed by atoms with Crippen LogP contribution in [0.2, 0.25) is 0 Å². The molecule has 15 aromatic rings. The Kier molecular flexibility index (Phi) is 11.9. The van der Waals surface area contributed by atoms with E-state index in [4.69, 9.17) is 0 Å². The van der Waals surface area contributed by atoms with Gasteiger partial charge in [0, 0.05) is 33.5 Å². The number of nitrogens with zero attached hydrogens (tertiary/aromatic N) is 2. The highest BCUT2D eigenvalue weighted by Crippen LogP contribution is 2.40. The molecule has 0 saturated carbocycles. The summed E-state index contributed by atoms with van der Waals surface area (Å²) in [5.74, 6) is 0. The van der Waals surface area contributed by atoms with E-state index < -0.39 is 8.07 Å². The SMILES string of the molecule is c1ccc(-c2ccc(N(c3ccc(-c4ccc([Si](c5ccc6ccccc6c5)(c5ccc6ccccc6c5)c5ccc6ccccc6c5)cc4)cc3)c3ccc(-c4ccc5c(c4)c4ccccc4n5-c4ccccc4)cc3)cc2)cc1. The number of fused-ring (bicyclic) bond motifs is 6. The zero-order valence-corrected chi connectivity index (χ0v) is 45.6. The molecule has 3 heteroatoms. The van der Waals surface area contributed by atoms with Crippen LogP contribution in [0.4, 0.5) is 17.1 Å². The Morgan fingerprint density at radius 1 is 0.222 bits per heavy atom. The van der Waals surface area contributed by atoms with Crippen LogP contribution in [0.1, 0.15) is 0 Å². The summed E-state index contributed by atoms with van der Waals surface area (Å²) < 4.78 is 2.37. The molecule has 2 nitrogen and oxygen atoms in total. The van der Waals surface area contributed by atoms with Gasteiger partial charge in [0.15, 0.2) is 8.07 Å². The molecule has 0 aliphatic carbocycles. The molecule has 0 aliphatic heterocycles. The second-order valence-electron chi connectivity index (χ2n) is 21.3. The lowest BCUT2D eigenvalue weighted by molar-refractivity contribution is 1.18. The van der Waals surface area contributed by atoms with Crippen LogP contribution in [-0.4, -0.2) is 12.6 Å². The van der Waals surface area contributed by atoms with Crippen LogP contribution in [0.25, 0.3) is 93.2 Å². The quantitative estimate of drug-likeness (QED) is 0.0926. The fourth-order valence-corrected chi connectivity index (χ4v) is 17.5. The Labute approximate surface area is 473 Å². The molecule has 0 amide bonds. The van der Waals surface area contributed by atoms with Gasteiger partial charge in [0.1, 0.15) is 0 Å². The zero-order valence-electron chi connectivity index (χ0n) is 44.6. The predicted molar refractivity (Wildman–Crippen MR) is 348 cm³/mol. The van der Waals surface area contributed by atoms with E-state index in [9.17, 15) is 0 Å². The Bertz CT molecular complexity index is 4590. The van der Waals surface area contributed by atoms with E-state index >= 15 is 0 Å². The van der Waals surface area contributed by atoms with E-state index in [1.165, 1.54) is 108 Å². The number of anilines is 3. The third kappa shape index (κ3) is 8.51. The third-order valence-corrected chi connectivity index (χ3v) is 21.4. The Hall–Kier alpha value is -10.3. The molecule has 0 N–H and O–H groups in total. The van der Waals surface area contributed by atoms with Crippen LogP contribution in [0.5, 0.6) is 0 Å². The summed E-state index contributed by atoms with van der Waals surface area (Å²) in [6, 6.07) is 122. The average Bonchev–Trinajstić information content (AvgIpc) is 4.06. The topological polar surface area (TPSA) is 8.17 Å². The maximum atomic E-state index is 2.47. The van der Waals surface area contributed by atoms with E-state index in [0.717, 1.165) is 22.7 Å². The molecule has 1 heterocycles. The summed E-state index contributed by atoms with van der Waals surface area (Å²) in [5.41, 5.74) is 13.9. The summed E-state index contributed by atoms with van der Waals surface area (Å²) in [5, 5.41) is 15.4. The largest absolute Gasteiger partial charge is 0.311 e. The molecular weight excluding hydrogens is 993 g/mol. The van der Waals surface area contributed by atoms with Crippen LogP contribution in [0, 0.1) is 0 Å². The standard InChI is InChI=1S/C78H54N2Si/c1-3-15-55(16-4-1)59-27-39-68(40-28-59)79(70-43-31-62(32-44-70)66-38-50-78-76(54-66)75-25-13-14-26-77(75)80(78)67-23-5-2-6-24-67)69-41-29-60(30-42-69)61-33-45-71(46-34-61)81(72-47-35-56-17-7-10-20-63(56)51-72,73-48-36-57-18-8-11-21-64(57)52-73)74-49-37-58-19-9-12-22-65(58)53-74/h1-54H. The number of hydrogen-bond acceptors (Lipinski definition) is 1. The molecule has 15 rings (SSSR count). The number of para-hydroxylation sites is 2. The summed E-state index contributed by atoms with van der Waals surface area (Å²) in [4.78, 5) is 2.37. The van der Waals surface area contributed by atoms with Crippen molar-refractivity contribution in [2.24, 2.45) is 0 Å². The lowest BCUT2D eigenvalue weighted by Crippen LogP contribution is -2.74. The Morgan fingerprint density at radius 2 is 0.568 bits per heavy atom. The molecule has 0 radical (unpaired) electrons. The number of benzene rings is 14. The number of rotatable bonds is 11. The van der Waals surface area contributed by atoms with Crippen LogP contribution < -0.4 is 25.6 Å². The van der Waals surface area contributed by atoms with Crippen LogP contribution in [-0.2, 0) is 0 Å². The number of aromatic nitrogens is 1. The molecule has 0 fully saturated rings. The molecule has 81 heavy (non-hydrogen) atoms. The molecule has 0 unspecified atom stereocenters. The molecule has 0 bridgehead atoms. The highest BCUT2D eigenvalue weighted by Gasteiger charge is 2.42. The number of hydrogen-bond donors (Lipinski definition) is 0. The van der Waals surface area contributed by atoms with Gasteiger partial charge in [0.25, 0.3) is 0 Å². The van der Waals surface area contributed by atoms with Gasteiger partial charge < -0.3 is 9.47 Å². The van der Waals surface area contributed by atoms with Crippen molar-refractivity contribution >= 4 is 100 Å². The van der Waals surface area contributed by atoms with Crippen molar-refractivity contribution in [1.29, 1.82) is 0 Å². The second-order valence-corrected chi connectivity index (χ2v) is 25.1. The van der Waals surface area contributed by atoms with Crippen molar-refractivity contribution in [2.45, 2.75) is 0 Å². The van der Waals surface area contributed by atoms with E-state index in [1.54, 1.807) is 0 Å². The monoisotopic (exact) mass is 1050 g/mol. The van der Waals surface area contributed by atoms with Gasteiger partial charge in [-0.05, 0) is 153 Å². The minimum absolute atomic E-state index is 1.08. The predicted octanol–water partition coefficient (Wildman–Crippen LogP) is 18.1. The summed E-state index contributed by atoms with van der Waals surface area (Å²) in [6.07, 6.45) is 0. The van der Waals surface area contributed by atoms with Crippen molar-refractivity contribution in [1.82, 2.24) is 4.57 Å². The smallest absolute Gasteiger partial charge is 0.179 e. The highest BCUT2D eigenvalue weighted by molar-refractivity contribution is 7.20. The molecule has 0 spiro atoms. The van der Waals surface area contributed by atoms with E-state index in [2.05, 4.69) is 337 Å². The minimum Gasteiger partial charge on any atom is -0.311 e. The first-order chi connectivity index (χ1) is 40.1. The van der Waals surface area contributed by atoms with Crippen molar-refractivity contribution in [3.63, 3.8) is 0 Å². The fraction of sp³-hybridized carbons (Fsp3) is 0. The van der Waals surface area contributed by atoms with Gasteiger partial charge in [0.05, 0.1) is 11.0 Å². The van der Waals surface area contributed by atoms with Gasteiger partial charge in [-0.15, -0.1) is 0 Å². The van der Waals surface area contributed by atoms with Crippen molar-refractivity contribution < 1.29 is 0 Å². The summed E-state index contributed by atoms with van der Waals surface area (Å²) in [6.45, 7) is 0. The van der Waals surface area contributed by atoms with E-state index in [0.29, 0.717) is 0 Å². The van der Waals surface area contributed by atoms with Gasteiger partial charge in [0.2, 0.25) is 0 Å². The molecule has 0 saturated heterocycles. The van der Waals surface area contributed by atoms with E-state index in [1.807, 2.05) is 0 Å². The molecular formula is C78H54N2Si. The van der Waals surface area contributed by atoms with Crippen molar-refractivity contribution in [3.8, 4) is 39.1 Å². The second kappa shape index (κ2) is 20.2. The lowest BCUT2D eigenvalue weighted by Gasteiger charge is -2.35. The first-order valence-corrected chi connectivity index (χ1v) is 30.0. The maximum Gasteiger partial charge on any atom is 0.179 e. The minimum atomic E-state index is -2.97. The Balaban J connectivity index is 0.816. The molecule has 14 aromatic carbocycles. The van der Waals surface area contributed by atoms with Gasteiger partial charge in [-0.1, -0.05) is 261 Å². The maximum absolute atomic E-state index is 2.97. The van der Waals surface area contributed by atoms with E-state index in [-0.39, 0.29) is 0 Å². The van der Waals surface area contributed by atoms with Crippen LogP contribution in [0.15, 0.2) is 328 Å². The lowest BCUT2D eigenvalue weighted by atomic mass is 10.0. The summed E-state index contributed by atoms with van der Waals surface area (Å²) >= 11 is 0. The fourth-order valence-electron chi connectivity index (χ4n) is 12.7. The normalized spacial score (nSPS) is 11.7. The van der Waals surface area contributed by atoms with Crippen LogP contribution in [0.3, 0.4) is 0 Å². The van der Waals surface area contributed by atoms with Gasteiger partial charge >= 0.3 is 0 Å².